The molecule has 2 aliphatic rings. The normalized spacial score (nSPS) is 19.5. The van der Waals surface area contributed by atoms with Gasteiger partial charge in [-0.1, -0.05) is 12.8 Å². The molecule has 24 heavy (non-hydrogen) atoms. The molecule has 0 aliphatic heterocycles. The maximum absolute atomic E-state index is 12.6. The van der Waals surface area contributed by atoms with Gasteiger partial charge in [0.2, 0.25) is 0 Å². The summed E-state index contributed by atoms with van der Waals surface area (Å²) in [5.74, 6) is 0. The van der Waals surface area contributed by atoms with E-state index in [4.69, 9.17) is 0 Å². The lowest BCUT2D eigenvalue weighted by atomic mass is 9.93. The summed E-state index contributed by atoms with van der Waals surface area (Å²) >= 11 is 0. The molecule has 7 nitrogen and oxygen atoms in total. The predicted molar refractivity (Wildman–Crippen MR) is 90.4 cm³/mol. The van der Waals surface area contributed by atoms with Gasteiger partial charge in [-0.25, -0.2) is 8.42 Å². The highest BCUT2D eigenvalue weighted by Gasteiger charge is 2.25. The van der Waals surface area contributed by atoms with Crippen molar-refractivity contribution in [2.24, 2.45) is 0 Å². The third-order valence-corrected chi connectivity index (χ3v) is 6.62. The van der Waals surface area contributed by atoms with Crippen molar-refractivity contribution in [3.8, 4) is 0 Å². The van der Waals surface area contributed by atoms with E-state index in [-0.39, 0.29) is 4.90 Å². The van der Waals surface area contributed by atoms with Crippen molar-refractivity contribution in [2.75, 3.05) is 4.72 Å². The summed E-state index contributed by atoms with van der Waals surface area (Å²) in [6, 6.07) is 0.741. The first kappa shape index (κ1) is 15.7. The molecule has 2 heterocycles. The fourth-order valence-corrected chi connectivity index (χ4v) is 4.59. The minimum Gasteiger partial charge on any atom is -0.276 e. The van der Waals surface area contributed by atoms with Crippen molar-refractivity contribution < 1.29 is 8.42 Å². The summed E-state index contributed by atoms with van der Waals surface area (Å²) in [5, 5.41) is 8.61. The van der Waals surface area contributed by atoms with Crippen molar-refractivity contribution in [2.45, 2.75) is 68.8 Å². The van der Waals surface area contributed by atoms with E-state index in [1.54, 1.807) is 17.1 Å². The Bertz CT molecular complexity index is 829. The van der Waals surface area contributed by atoms with E-state index in [0.29, 0.717) is 17.8 Å². The third-order valence-electron chi connectivity index (χ3n) is 5.30. The number of nitrogens with one attached hydrogen (secondary N) is 1. The molecule has 0 spiro atoms. The second kappa shape index (κ2) is 5.91. The van der Waals surface area contributed by atoms with Gasteiger partial charge in [-0.15, -0.1) is 0 Å². The summed E-state index contributed by atoms with van der Waals surface area (Å²) in [6.45, 7) is 1.92. The lowest BCUT2D eigenvalue weighted by Gasteiger charge is -2.25. The molecule has 0 saturated heterocycles. The maximum atomic E-state index is 12.6. The molecule has 0 amide bonds. The van der Waals surface area contributed by atoms with Crippen LogP contribution in [0.1, 0.15) is 62.7 Å². The van der Waals surface area contributed by atoms with Crippen LogP contribution >= 0.6 is 0 Å². The van der Waals surface area contributed by atoms with Gasteiger partial charge >= 0.3 is 0 Å². The largest absolute Gasteiger partial charge is 0.276 e. The molecule has 0 unspecified atom stereocenters. The Hall–Kier alpha value is -1.83. The van der Waals surface area contributed by atoms with Crippen molar-refractivity contribution in [1.29, 1.82) is 0 Å². The Morgan fingerprint density at radius 1 is 1.04 bits per heavy atom. The molecular weight excluding hydrogens is 326 g/mol. The number of rotatable bonds is 5. The molecule has 0 atom stereocenters. The number of aromatic nitrogens is 4. The third kappa shape index (κ3) is 2.72. The molecule has 2 fully saturated rings. The zero-order chi connectivity index (χ0) is 16.7. The van der Waals surface area contributed by atoms with Crippen LogP contribution in [0.4, 0.5) is 5.69 Å². The predicted octanol–water partition coefficient (Wildman–Crippen LogP) is 3.03. The van der Waals surface area contributed by atoms with Gasteiger partial charge in [0.25, 0.3) is 10.0 Å². The topological polar surface area (TPSA) is 81.8 Å². The Labute approximate surface area is 142 Å². The summed E-state index contributed by atoms with van der Waals surface area (Å²) in [7, 11) is -3.63. The van der Waals surface area contributed by atoms with Crippen molar-refractivity contribution in [3.63, 3.8) is 0 Å². The van der Waals surface area contributed by atoms with E-state index in [1.807, 2.05) is 11.6 Å². The van der Waals surface area contributed by atoms with E-state index in [2.05, 4.69) is 14.9 Å². The monoisotopic (exact) mass is 349 g/mol. The highest BCUT2D eigenvalue weighted by molar-refractivity contribution is 7.92. The van der Waals surface area contributed by atoms with Gasteiger partial charge in [-0.05, 0) is 39.0 Å². The number of hydrogen-bond donors (Lipinski definition) is 1. The minimum absolute atomic E-state index is 0.211. The van der Waals surface area contributed by atoms with Gasteiger partial charge in [0.15, 0.2) is 0 Å². The quantitative estimate of drug-likeness (QED) is 0.899. The van der Waals surface area contributed by atoms with Gasteiger partial charge in [0.1, 0.15) is 4.90 Å². The first-order chi connectivity index (χ1) is 11.5. The zero-order valence-electron chi connectivity index (χ0n) is 13.9. The fourth-order valence-electron chi connectivity index (χ4n) is 3.55. The Balaban J connectivity index is 1.54. The second-order valence-electron chi connectivity index (χ2n) is 6.87. The van der Waals surface area contributed by atoms with Gasteiger partial charge in [0, 0.05) is 6.20 Å². The van der Waals surface area contributed by atoms with Crippen LogP contribution in [0, 0.1) is 6.92 Å². The summed E-state index contributed by atoms with van der Waals surface area (Å²) in [5.41, 5.74) is 1.43. The molecule has 0 radical (unpaired) electrons. The average Bonchev–Trinajstić information content (AvgIpc) is 3.19. The van der Waals surface area contributed by atoms with Crippen molar-refractivity contribution >= 4 is 15.7 Å². The molecule has 4 rings (SSSR count). The number of hydrogen-bond acceptors (Lipinski definition) is 4. The summed E-state index contributed by atoms with van der Waals surface area (Å²) < 4.78 is 31.7. The maximum Gasteiger partial charge on any atom is 0.265 e. The van der Waals surface area contributed by atoms with Crippen LogP contribution in [0.5, 0.6) is 0 Å². The Morgan fingerprint density at radius 2 is 1.75 bits per heavy atom. The van der Waals surface area contributed by atoms with E-state index >= 15 is 0 Å². The fraction of sp³-hybridized carbons (Fsp3) is 0.625. The van der Waals surface area contributed by atoms with Gasteiger partial charge in [0.05, 0.1) is 35.9 Å². The first-order valence-corrected chi connectivity index (χ1v) is 10.1. The number of nitrogens with zero attached hydrogens (tertiary/aromatic N) is 4. The highest BCUT2D eigenvalue weighted by Crippen LogP contribution is 2.33. The van der Waals surface area contributed by atoms with E-state index in [0.717, 1.165) is 31.4 Å². The van der Waals surface area contributed by atoms with Gasteiger partial charge in [-0.2, -0.15) is 10.2 Å². The minimum atomic E-state index is -3.63. The molecule has 0 bridgehead atoms. The highest BCUT2D eigenvalue weighted by atomic mass is 32.2. The van der Waals surface area contributed by atoms with Crippen molar-refractivity contribution in [1.82, 2.24) is 19.6 Å². The molecule has 0 aromatic carbocycles. The van der Waals surface area contributed by atoms with Crippen LogP contribution < -0.4 is 4.72 Å². The molecule has 2 aromatic heterocycles. The SMILES string of the molecule is Cc1c(NS(=O)(=O)c2cnn(C3CCC3)c2)cnn1C1CCCC1. The van der Waals surface area contributed by atoms with Crippen LogP contribution in [0.15, 0.2) is 23.5 Å². The lowest BCUT2D eigenvalue weighted by molar-refractivity contribution is 0.289. The Morgan fingerprint density at radius 3 is 2.42 bits per heavy atom. The molecule has 1 N–H and O–H groups in total. The van der Waals surface area contributed by atoms with Gasteiger partial charge in [-0.3, -0.25) is 14.1 Å². The Kier molecular flexibility index (Phi) is 3.86. The number of anilines is 1. The van der Waals surface area contributed by atoms with Crippen LogP contribution in [-0.2, 0) is 10.0 Å². The van der Waals surface area contributed by atoms with E-state index in [9.17, 15) is 8.42 Å². The average molecular weight is 349 g/mol. The molecule has 2 saturated carbocycles. The van der Waals surface area contributed by atoms with Crippen LogP contribution in [0.25, 0.3) is 0 Å². The molecule has 8 heteroatoms. The molecular formula is C16H23N5O2S. The van der Waals surface area contributed by atoms with Crippen LogP contribution in [-0.4, -0.2) is 28.0 Å². The van der Waals surface area contributed by atoms with Crippen molar-refractivity contribution in [3.05, 3.63) is 24.3 Å². The second-order valence-corrected chi connectivity index (χ2v) is 8.56. The lowest BCUT2D eigenvalue weighted by Crippen LogP contribution is -2.17. The summed E-state index contributed by atoms with van der Waals surface area (Å²) in [4.78, 5) is 0.211. The molecule has 2 aliphatic carbocycles. The first-order valence-electron chi connectivity index (χ1n) is 8.66. The van der Waals surface area contributed by atoms with E-state index < -0.39 is 10.0 Å². The summed E-state index contributed by atoms with van der Waals surface area (Å²) in [6.07, 6.45) is 12.7. The number of sulfonamides is 1. The smallest absolute Gasteiger partial charge is 0.265 e. The zero-order valence-corrected chi connectivity index (χ0v) is 14.7. The van der Waals surface area contributed by atoms with Gasteiger partial charge < -0.3 is 0 Å². The van der Waals surface area contributed by atoms with E-state index in [1.165, 1.54) is 25.5 Å². The molecule has 130 valence electrons. The standard InChI is InChI=1S/C16H23N5O2S/c1-12-16(10-18-21(12)14-5-2-3-6-14)19-24(22,23)15-9-17-20(11-15)13-7-4-8-13/h9-11,13-14,19H,2-8H2,1H3. The van der Waals surface area contributed by atoms with Crippen LogP contribution in [0.2, 0.25) is 0 Å². The molecule has 2 aromatic rings. The van der Waals surface area contributed by atoms with Crippen LogP contribution in [0.3, 0.4) is 0 Å².